The zero-order valence-corrected chi connectivity index (χ0v) is 10.2. The van der Waals surface area contributed by atoms with Gasteiger partial charge in [0.2, 0.25) is 0 Å². The summed E-state index contributed by atoms with van der Waals surface area (Å²) >= 11 is 0. The van der Waals surface area contributed by atoms with Crippen molar-refractivity contribution >= 4 is 0 Å². The molecule has 90 valence electrons. The van der Waals surface area contributed by atoms with Gasteiger partial charge in [0.1, 0.15) is 11.8 Å². The Balaban J connectivity index is 2.04. The van der Waals surface area contributed by atoms with Crippen LogP contribution in [0.25, 0.3) is 0 Å². The summed E-state index contributed by atoms with van der Waals surface area (Å²) in [5.41, 5.74) is 2.45. The van der Waals surface area contributed by atoms with Gasteiger partial charge in [-0.05, 0) is 25.2 Å². The molecule has 18 heavy (non-hydrogen) atoms. The summed E-state index contributed by atoms with van der Waals surface area (Å²) in [6, 6.07) is 11.8. The number of nitrogens with zero attached hydrogens (tertiary/aromatic N) is 4. The van der Waals surface area contributed by atoms with Crippen molar-refractivity contribution in [1.82, 2.24) is 14.9 Å². The summed E-state index contributed by atoms with van der Waals surface area (Å²) in [7, 11) is 2.00. The van der Waals surface area contributed by atoms with Gasteiger partial charge in [-0.15, -0.1) is 0 Å². The molecular formula is C14H14N4. The van der Waals surface area contributed by atoms with E-state index < -0.39 is 0 Å². The zero-order chi connectivity index (χ0) is 12.8. The van der Waals surface area contributed by atoms with Crippen LogP contribution in [0.4, 0.5) is 0 Å². The normalized spacial score (nSPS) is 10.3. The average Bonchev–Trinajstić information content (AvgIpc) is 2.40. The maximum atomic E-state index is 8.98. The van der Waals surface area contributed by atoms with E-state index >= 15 is 0 Å². The Morgan fingerprint density at radius 3 is 2.67 bits per heavy atom. The number of pyridine rings is 2. The Bertz CT molecular complexity index is 545. The van der Waals surface area contributed by atoms with E-state index in [1.165, 1.54) is 0 Å². The Morgan fingerprint density at radius 2 is 1.94 bits per heavy atom. The second kappa shape index (κ2) is 5.89. The van der Waals surface area contributed by atoms with E-state index in [2.05, 4.69) is 20.9 Å². The van der Waals surface area contributed by atoms with Crippen LogP contribution in [0, 0.1) is 11.3 Å². The van der Waals surface area contributed by atoms with Gasteiger partial charge >= 0.3 is 0 Å². The van der Waals surface area contributed by atoms with E-state index in [9.17, 15) is 0 Å². The van der Waals surface area contributed by atoms with Gasteiger partial charge in [0.25, 0.3) is 0 Å². The Morgan fingerprint density at radius 1 is 1.11 bits per heavy atom. The van der Waals surface area contributed by atoms with E-state index in [0.29, 0.717) is 12.2 Å². The first-order chi connectivity index (χ1) is 8.79. The van der Waals surface area contributed by atoms with Gasteiger partial charge in [-0.3, -0.25) is 9.88 Å². The van der Waals surface area contributed by atoms with Crippen LogP contribution in [0.3, 0.4) is 0 Å². The molecule has 0 amide bonds. The largest absolute Gasteiger partial charge is 0.296 e. The van der Waals surface area contributed by atoms with Crippen molar-refractivity contribution in [2.45, 2.75) is 13.1 Å². The molecule has 0 N–H and O–H groups in total. The van der Waals surface area contributed by atoms with Crippen LogP contribution in [0.1, 0.15) is 17.0 Å². The topological polar surface area (TPSA) is 52.8 Å². The zero-order valence-electron chi connectivity index (χ0n) is 10.2. The van der Waals surface area contributed by atoms with Gasteiger partial charge in [0, 0.05) is 31.0 Å². The molecule has 2 aromatic heterocycles. The molecule has 0 unspecified atom stereocenters. The van der Waals surface area contributed by atoms with Crippen molar-refractivity contribution < 1.29 is 0 Å². The molecule has 4 heteroatoms. The standard InChI is InChI=1S/C14H14N4/c1-18(11-13-6-2-3-7-16-13)10-12-5-4-8-17-14(12)9-15/h2-8H,10-11H2,1H3. The van der Waals surface area contributed by atoms with Crippen LogP contribution in [0.15, 0.2) is 42.7 Å². The molecule has 0 aliphatic rings. The summed E-state index contributed by atoms with van der Waals surface area (Å²) in [5.74, 6) is 0. The third kappa shape index (κ3) is 3.12. The van der Waals surface area contributed by atoms with Crippen LogP contribution in [0.2, 0.25) is 0 Å². The molecule has 2 aromatic rings. The van der Waals surface area contributed by atoms with Crippen molar-refractivity contribution in [3.05, 3.63) is 59.7 Å². The first-order valence-electron chi connectivity index (χ1n) is 5.72. The minimum Gasteiger partial charge on any atom is -0.296 e. The van der Waals surface area contributed by atoms with Gasteiger partial charge in [0.15, 0.2) is 0 Å². The highest BCUT2D eigenvalue weighted by atomic mass is 15.1. The van der Waals surface area contributed by atoms with E-state index in [0.717, 1.165) is 17.8 Å². The van der Waals surface area contributed by atoms with E-state index in [4.69, 9.17) is 5.26 Å². The highest BCUT2D eigenvalue weighted by molar-refractivity contribution is 5.30. The third-order valence-corrected chi connectivity index (χ3v) is 2.60. The molecule has 0 radical (unpaired) electrons. The molecule has 0 spiro atoms. The first kappa shape index (κ1) is 12.2. The molecular weight excluding hydrogens is 224 g/mol. The van der Waals surface area contributed by atoms with Gasteiger partial charge < -0.3 is 0 Å². The maximum Gasteiger partial charge on any atom is 0.144 e. The third-order valence-electron chi connectivity index (χ3n) is 2.60. The van der Waals surface area contributed by atoms with E-state index in [-0.39, 0.29) is 0 Å². The highest BCUT2D eigenvalue weighted by Crippen LogP contribution is 2.09. The number of nitriles is 1. The van der Waals surface area contributed by atoms with Gasteiger partial charge in [-0.25, -0.2) is 4.98 Å². The van der Waals surface area contributed by atoms with Crippen LogP contribution < -0.4 is 0 Å². The fraction of sp³-hybridized carbons (Fsp3) is 0.214. The number of hydrogen-bond donors (Lipinski definition) is 0. The second-order valence-electron chi connectivity index (χ2n) is 4.12. The summed E-state index contributed by atoms with van der Waals surface area (Å²) in [4.78, 5) is 10.4. The molecule has 0 aliphatic carbocycles. The van der Waals surface area contributed by atoms with Gasteiger partial charge in [-0.2, -0.15) is 5.26 Å². The second-order valence-corrected chi connectivity index (χ2v) is 4.12. The molecule has 4 nitrogen and oxygen atoms in total. The highest BCUT2D eigenvalue weighted by Gasteiger charge is 2.06. The lowest BCUT2D eigenvalue weighted by atomic mass is 10.2. The van der Waals surface area contributed by atoms with Gasteiger partial charge in [-0.1, -0.05) is 12.1 Å². The molecule has 2 heterocycles. The number of hydrogen-bond acceptors (Lipinski definition) is 4. The van der Waals surface area contributed by atoms with E-state index in [1.54, 1.807) is 12.4 Å². The minimum absolute atomic E-state index is 0.491. The summed E-state index contributed by atoms with van der Waals surface area (Å²) in [5, 5.41) is 8.98. The molecule has 0 fully saturated rings. The van der Waals surface area contributed by atoms with Crippen molar-refractivity contribution in [3.8, 4) is 6.07 Å². The SMILES string of the molecule is CN(Cc1ccccn1)Cc1cccnc1C#N. The van der Waals surface area contributed by atoms with Crippen molar-refractivity contribution in [3.63, 3.8) is 0 Å². The molecule has 0 atom stereocenters. The lowest BCUT2D eigenvalue weighted by Gasteiger charge is -2.16. The van der Waals surface area contributed by atoms with Crippen LogP contribution >= 0.6 is 0 Å². The Labute approximate surface area is 107 Å². The molecule has 0 aliphatic heterocycles. The van der Waals surface area contributed by atoms with Gasteiger partial charge in [0.05, 0.1) is 5.69 Å². The molecule has 0 saturated heterocycles. The Hall–Kier alpha value is -2.25. The first-order valence-corrected chi connectivity index (χ1v) is 5.72. The predicted octanol–water partition coefficient (Wildman–Crippen LogP) is 1.98. The lowest BCUT2D eigenvalue weighted by Crippen LogP contribution is -2.18. The number of aromatic nitrogens is 2. The van der Waals surface area contributed by atoms with Crippen molar-refractivity contribution in [1.29, 1.82) is 5.26 Å². The summed E-state index contributed by atoms with van der Waals surface area (Å²) in [6.07, 6.45) is 3.43. The quantitative estimate of drug-likeness (QED) is 0.817. The lowest BCUT2D eigenvalue weighted by molar-refractivity contribution is 0.314. The van der Waals surface area contributed by atoms with Crippen LogP contribution in [0.5, 0.6) is 0 Å². The molecule has 0 bridgehead atoms. The van der Waals surface area contributed by atoms with Crippen molar-refractivity contribution in [2.24, 2.45) is 0 Å². The molecule has 0 aromatic carbocycles. The molecule has 2 rings (SSSR count). The van der Waals surface area contributed by atoms with Crippen LogP contribution in [-0.2, 0) is 13.1 Å². The van der Waals surface area contributed by atoms with Crippen LogP contribution in [-0.4, -0.2) is 21.9 Å². The average molecular weight is 238 g/mol. The summed E-state index contributed by atoms with van der Waals surface area (Å²) < 4.78 is 0. The van der Waals surface area contributed by atoms with E-state index in [1.807, 2.05) is 37.4 Å². The minimum atomic E-state index is 0.491. The number of rotatable bonds is 4. The maximum absolute atomic E-state index is 8.98. The Kier molecular flexibility index (Phi) is 4.00. The fourth-order valence-electron chi connectivity index (χ4n) is 1.78. The van der Waals surface area contributed by atoms with Crippen molar-refractivity contribution in [2.75, 3.05) is 7.05 Å². The predicted molar refractivity (Wildman–Crippen MR) is 68.4 cm³/mol. The smallest absolute Gasteiger partial charge is 0.144 e. The monoisotopic (exact) mass is 238 g/mol. The molecule has 0 saturated carbocycles. The summed E-state index contributed by atoms with van der Waals surface area (Å²) in [6.45, 7) is 1.44. The fourth-order valence-corrected chi connectivity index (χ4v) is 1.78.